The fraction of sp³-hybridized carbons (Fsp3) is 0.111. The molecular weight excluding hydrogens is 258 g/mol. The zero-order chi connectivity index (χ0) is 11.4. The normalized spacial score (nSPS) is 10.7. The van der Waals surface area contributed by atoms with Crippen LogP contribution < -0.4 is 0 Å². The topological polar surface area (TPSA) is 32.7 Å². The van der Waals surface area contributed by atoms with Gasteiger partial charge in [-0.25, -0.2) is 4.99 Å². The number of rotatable bonds is 2. The Morgan fingerprint density at radius 1 is 1.47 bits per heavy atom. The van der Waals surface area contributed by atoms with Crippen LogP contribution in [0.1, 0.15) is 0 Å². The largest absolute Gasteiger partial charge is 0.321 e. The van der Waals surface area contributed by atoms with Gasteiger partial charge in [0, 0.05) is 12.1 Å². The van der Waals surface area contributed by atoms with Gasteiger partial charge in [0.05, 0.1) is 17.0 Å². The van der Waals surface area contributed by atoms with Gasteiger partial charge in [-0.1, -0.05) is 23.2 Å². The summed E-state index contributed by atoms with van der Waals surface area (Å²) in [7, 11) is 1.49. The van der Waals surface area contributed by atoms with Crippen molar-refractivity contribution in [3.8, 4) is 0 Å². The minimum absolute atomic E-state index is 0.411. The van der Waals surface area contributed by atoms with Gasteiger partial charge in [0.15, 0.2) is 0 Å². The lowest BCUT2D eigenvalue weighted by Gasteiger charge is -2.05. The molecule has 1 aromatic carbocycles. The van der Waals surface area contributed by atoms with Crippen molar-refractivity contribution in [2.45, 2.75) is 0 Å². The highest BCUT2D eigenvalue weighted by Crippen LogP contribution is 2.27. The van der Waals surface area contributed by atoms with Crippen molar-refractivity contribution in [3.05, 3.63) is 28.2 Å². The van der Waals surface area contributed by atoms with Gasteiger partial charge < -0.3 is 0 Å². The smallest absolute Gasteiger partial charge is 0.292 e. The van der Waals surface area contributed by atoms with E-state index in [2.05, 4.69) is 4.99 Å². The number of hydrogen-bond acceptors (Lipinski definition) is 2. The van der Waals surface area contributed by atoms with Gasteiger partial charge in [0.2, 0.25) is 0 Å². The van der Waals surface area contributed by atoms with Crippen LogP contribution in [0.5, 0.6) is 0 Å². The van der Waals surface area contributed by atoms with Crippen molar-refractivity contribution < 1.29 is 4.79 Å². The van der Waals surface area contributed by atoms with Gasteiger partial charge in [-0.05, 0) is 29.8 Å². The molecule has 0 heterocycles. The molecule has 0 aliphatic rings. The Morgan fingerprint density at radius 2 is 2.13 bits per heavy atom. The van der Waals surface area contributed by atoms with Crippen molar-refractivity contribution in [2.75, 3.05) is 7.05 Å². The van der Waals surface area contributed by atoms with Crippen LogP contribution in [0.25, 0.3) is 0 Å². The molecule has 6 heteroatoms. The first-order valence-corrected chi connectivity index (χ1v) is 5.05. The second kappa shape index (κ2) is 5.35. The molecule has 0 aliphatic carbocycles. The SMILES string of the molecule is CN(C=Nc1ccc(Cl)cc1Cl)C(=O)Cl. The van der Waals surface area contributed by atoms with Gasteiger partial charge in [-0.15, -0.1) is 0 Å². The molecule has 0 saturated heterocycles. The molecule has 0 N–H and O–H groups in total. The molecule has 0 aromatic heterocycles. The van der Waals surface area contributed by atoms with Crippen molar-refractivity contribution in [2.24, 2.45) is 4.99 Å². The zero-order valence-electron chi connectivity index (χ0n) is 7.75. The summed E-state index contributed by atoms with van der Waals surface area (Å²) in [6.07, 6.45) is 1.28. The van der Waals surface area contributed by atoms with Crippen LogP contribution in [0.4, 0.5) is 10.5 Å². The van der Waals surface area contributed by atoms with E-state index in [1.54, 1.807) is 18.2 Å². The fourth-order valence-corrected chi connectivity index (χ4v) is 1.28. The Balaban J connectivity index is 2.85. The maximum atomic E-state index is 10.7. The number of amides is 1. The number of halogens is 3. The Morgan fingerprint density at radius 3 is 2.67 bits per heavy atom. The summed E-state index contributed by atoms with van der Waals surface area (Å²) in [4.78, 5) is 15.8. The summed E-state index contributed by atoms with van der Waals surface area (Å²) >= 11 is 16.8. The number of carbonyl (C=O) groups excluding carboxylic acids is 1. The van der Waals surface area contributed by atoms with Crippen molar-refractivity contribution in [1.29, 1.82) is 0 Å². The lowest BCUT2D eigenvalue weighted by molar-refractivity contribution is 0.248. The van der Waals surface area contributed by atoms with E-state index in [0.29, 0.717) is 15.7 Å². The number of benzene rings is 1. The van der Waals surface area contributed by atoms with Crippen LogP contribution in [-0.4, -0.2) is 23.7 Å². The van der Waals surface area contributed by atoms with Crippen LogP contribution in [0, 0.1) is 0 Å². The van der Waals surface area contributed by atoms with Crippen LogP contribution >= 0.6 is 34.8 Å². The summed E-state index contributed by atoms with van der Waals surface area (Å²) < 4.78 is 0. The lowest BCUT2D eigenvalue weighted by atomic mass is 10.3. The number of aliphatic imine (C=N–C) groups is 1. The van der Waals surface area contributed by atoms with E-state index in [1.807, 2.05) is 0 Å². The molecule has 1 aromatic rings. The molecule has 1 rings (SSSR count). The summed E-state index contributed by atoms with van der Waals surface area (Å²) in [6, 6.07) is 4.87. The van der Waals surface area contributed by atoms with Crippen molar-refractivity contribution in [1.82, 2.24) is 4.90 Å². The number of carbonyl (C=O) groups is 1. The van der Waals surface area contributed by atoms with E-state index in [1.165, 1.54) is 13.4 Å². The Bertz CT molecular complexity index is 406. The highest BCUT2D eigenvalue weighted by atomic mass is 35.5. The fourth-order valence-electron chi connectivity index (χ4n) is 0.780. The minimum atomic E-state index is -0.621. The highest BCUT2D eigenvalue weighted by molar-refractivity contribution is 6.63. The monoisotopic (exact) mass is 264 g/mol. The summed E-state index contributed by atoms with van der Waals surface area (Å²) in [5, 5.41) is 0.318. The van der Waals surface area contributed by atoms with Crippen molar-refractivity contribution in [3.63, 3.8) is 0 Å². The number of hydrogen-bond donors (Lipinski definition) is 0. The molecule has 3 nitrogen and oxygen atoms in total. The zero-order valence-corrected chi connectivity index (χ0v) is 10.0. The molecule has 0 unspecified atom stereocenters. The molecule has 80 valence electrons. The average Bonchev–Trinajstić information content (AvgIpc) is 2.15. The van der Waals surface area contributed by atoms with E-state index in [4.69, 9.17) is 34.8 Å². The molecule has 0 bridgehead atoms. The molecule has 1 amide bonds. The molecular formula is C9H7Cl3N2O. The maximum Gasteiger partial charge on any atom is 0.321 e. The van der Waals surface area contributed by atoms with Gasteiger partial charge in [-0.3, -0.25) is 9.69 Å². The van der Waals surface area contributed by atoms with E-state index in [-0.39, 0.29) is 0 Å². The van der Waals surface area contributed by atoms with E-state index < -0.39 is 5.37 Å². The van der Waals surface area contributed by atoms with E-state index in [9.17, 15) is 4.79 Å². The first-order valence-electron chi connectivity index (χ1n) is 3.92. The van der Waals surface area contributed by atoms with Gasteiger partial charge in [0.25, 0.3) is 0 Å². The third kappa shape index (κ3) is 3.70. The van der Waals surface area contributed by atoms with Crippen LogP contribution in [0.3, 0.4) is 0 Å². The van der Waals surface area contributed by atoms with E-state index >= 15 is 0 Å². The molecule has 0 fully saturated rings. The molecule has 0 spiro atoms. The third-order valence-corrected chi connectivity index (χ3v) is 2.36. The maximum absolute atomic E-state index is 10.7. The van der Waals surface area contributed by atoms with Crippen LogP contribution in [-0.2, 0) is 0 Å². The van der Waals surface area contributed by atoms with E-state index in [0.717, 1.165) is 4.90 Å². The van der Waals surface area contributed by atoms with Crippen molar-refractivity contribution >= 4 is 52.2 Å². The minimum Gasteiger partial charge on any atom is -0.292 e. The average molecular weight is 266 g/mol. The second-order valence-electron chi connectivity index (χ2n) is 2.70. The first kappa shape index (κ1) is 12.3. The summed E-state index contributed by atoms with van der Waals surface area (Å²) in [5.41, 5.74) is 0.519. The second-order valence-corrected chi connectivity index (χ2v) is 3.87. The lowest BCUT2D eigenvalue weighted by Crippen LogP contribution is -2.17. The summed E-state index contributed by atoms with van der Waals surface area (Å²) in [5.74, 6) is 0. The van der Waals surface area contributed by atoms with Crippen LogP contribution in [0.2, 0.25) is 10.0 Å². The Hall–Kier alpha value is -0.770. The quantitative estimate of drug-likeness (QED) is 0.345. The highest BCUT2D eigenvalue weighted by Gasteiger charge is 2.02. The molecule has 0 saturated carbocycles. The van der Waals surface area contributed by atoms with Crippen LogP contribution in [0.15, 0.2) is 23.2 Å². The predicted molar refractivity (Wildman–Crippen MR) is 63.6 cm³/mol. The standard InChI is InChI=1S/C9H7Cl3N2O/c1-14(9(12)15)5-13-8-3-2-6(10)4-7(8)11/h2-5H,1H3. The summed E-state index contributed by atoms with van der Waals surface area (Å²) in [6.45, 7) is 0. The Labute approximate surface area is 102 Å². The molecule has 0 aliphatic heterocycles. The number of nitrogens with zero attached hydrogens (tertiary/aromatic N) is 2. The third-order valence-electron chi connectivity index (χ3n) is 1.56. The predicted octanol–water partition coefficient (Wildman–Crippen LogP) is 3.94. The molecule has 15 heavy (non-hydrogen) atoms. The Kier molecular flexibility index (Phi) is 4.39. The molecule has 0 atom stereocenters. The van der Waals surface area contributed by atoms with Gasteiger partial charge in [-0.2, -0.15) is 0 Å². The van der Waals surface area contributed by atoms with Gasteiger partial charge in [0.1, 0.15) is 0 Å². The van der Waals surface area contributed by atoms with Gasteiger partial charge >= 0.3 is 5.37 Å². The molecule has 0 radical (unpaired) electrons. The first-order chi connectivity index (χ1) is 7.00.